The maximum atomic E-state index is 11.3. The normalized spacial score (nSPS) is 11.3. The zero-order chi connectivity index (χ0) is 15.2. The molecule has 6 heteroatoms. The molecule has 0 aromatic heterocycles. The Balaban J connectivity index is 3.11. The Bertz CT molecular complexity index is 238. The zero-order valence-corrected chi connectivity index (χ0v) is 14.8. The van der Waals surface area contributed by atoms with Crippen molar-refractivity contribution >= 4 is 27.6 Å². The highest BCUT2D eigenvalue weighted by atomic mass is 33.1. The fourth-order valence-electron chi connectivity index (χ4n) is 1.37. The van der Waals surface area contributed by atoms with Gasteiger partial charge in [-0.25, -0.2) is 0 Å². The van der Waals surface area contributed by atoms with E-state index in [9.17, 15) is 4.79 Å². The molecule has 0 radical (unpaired) electrons. The molecule has 1 N–H and O–H groups in total. The maximum absolute atomic E-state index is 11.3. The lowest BCUT2D eigenvalue weighted by Crippen LogP contribution is -2.24. The molecule has 0 saturated carbocycles. The smallest absolute Gasteiger partial charge is 0.306 e. The lowest BCUT2D eigenvalue weighted by Gasteiger charge is -2.08. The third-order valence-electron chi connectivity index (χ3n) is 2.24. The number of carbonyl (C=O) groups excluding carboxylic acids is 1. The van der Waals surface area contributed by atoms with Crippen LogP contribution in [0.25, 0.3) is 0 Å². The van der Waals surface area contributed by atoms with Crippen LogP contribution in [0, 0.1) is 0 Å². The van der Waals surface area contributed by atoms with Gasteiger partial charge in [0.05, 0.1) is 6.10 Å². The maximum Gasteiger partial charge on any atom is 0.306 e. The molecule has 0 rings (SSSR count). The van der Waals surface area contributed by atoms with Gasteiger partial charge in [-0.05, 0) is 26.7 Å². The molecule has 0 heterocycles. The summed E-state index contributed by atoms with van der Waals surface area (Å²) in [7, 11) is 3.57. The minimum absolute atomic E-state index is 0.0163. The van der Waals surface area contributed by atoms with Gasteiger partial charge in [-0.15, -0.1) is 0 Å². The van der Waals surface area contributed by atoms with E-state index in [1.165, 1.54) is 0 Å². The van der Waals surface area contributed by atoms with Crippen LogP contribution in [0.1, 0.15) is 47.0 Å². The van der Waals surface area contributed by atoms with E-state index in [1.54, 1.807) is 10.8 Å². The SMILES string of the molecule is CC(C)NCCSSCOCCCCC(=O)OC(C)C. The third-order valence-corrected chi connectivity index (χ3v) is 4.33. The predicted octanol–water partition coefficient (Wildman–Crippen LogP) is 3.46. The summed E-state index contributed by atoms with van der Waals surface area (Å²) in [4.78, 5) is 11.3. The zero-order valence-electron chi connectivity index (χ0n) is 13.1. The number of nitrogens with one attached hydrogen (secondary N) is 1. The second kappa shape index (κ2) is 14.0. The number of unbranched alkanes of at least 4 members (excludes halogenated alkanes) is 1. The molecule has 20 heavy (non-hydrogen) atoms. The molecule has 0 aliphatic rings. The van der Waals surface area contributed by atoms with Crippen LogP contribution in [0.4, 0.5) is 0 Å². The van der Waals surface area contributed by atoms with Crippen LogP contribution in [0.2, 0.25) is 0 Å². The average molecular weight is 324 g/mol. The molecule has 0 amide bonds. The first-order chi connectivity index (χ1) is 9.52. The fraction of sp³-hybridized carbons (Fsp3) is 0.929. The molecule has 0 atom stereocenters. The number of rotatable bonds is 13. The monoisotopic (exact) mass is 323 g/mol. The van der Waals surface area contributed by atoms with Gasteiger partial charge in [0.1, 0.15) is 5.94 Å². The van der Waals surface area contributed by atoms with Crippen LogP contribution >= 0.6 is 21.6 Å². The molecule has 0 aliphatic carbocycles. The molecule has 0 aromatic rings. The van der Waals surface area contributed by atoms with Crippen molar-refractivity contribution in [3.63, 3.8) is 0 Å². The summed E-state index contributed by atoms with van der Waals surface area (Å²) >= 11 is 0. The van der Waals surface area contributed by atoms with Gasteiger partial charge in [-0.2, -0.15) is 0 Å². The van der Waals surface area contributed by atoms with E-state index in [2.05, 4.69) is 19.2 Å². The lowest BCUT2D eigenvalue weighted by atomic mass is 10.2. The van der Waals surface area contributed by atoms with Gasteiger partial charge in [0.15, 0.2) is 0 Å². The van der Waals surface area contributed by atoms with Crippen molar-refractivity contribution < 1.29 is 14.3 Å². The van der Waals surface area contributed by atoms with Crippen molar-refractivity contribution in [3.05, 3.63) is 0 Å². The molecule has 4 nitrogen and oxygen atoms in total. The van der Waals surface area contributed by atoms with Gasteiger partial charge < -0.3 is 14.8 Å². The number of carbonyl (C=O) groups is 1. The second-order valence-electron chi connectivity index (χ2n) is 5.07. The fourth-order valence-corrected chi connectivity index (χ4v) is 2.96. The van der Waals surface area contributed by atoms with Gasteiger partial charge >= 0.3 is 5.97 Å². The van der Waals surface area contributed by atoms with E-state index in [-0.39, 0.29) is 12.1 Å². The van der Waals surface area contributed by atoms with Crippen LogP contribution < -0.4 is 5.32 Å². The van der Waals surface area contributed by atoms with Crippen LogP contribution in [0.15, 0.2) is 0 Å². The van der Waals surface area contributed by atoms with Crippen molar-refractivity contribution in [2.75, 3.05) is 24.8 Å². The van der Waals surface area contributed by atoms with Gasteiger partial charge in [0.2, 0.25) is 0 Å². The molecular formula is C14H29NO3S2. The third kappa shape index (κ3) is 16.1. The standard InChI is InChI=1S/C14H29NO3S2/c1-12(2)15-8-10-19-20-11-17-9-6-5-7-14(16)18-13(3)4/h12-13,15H,5-11H2,1-4H3. The molecule has 0 bridgehead atoms. The summed E-state index contributed by atoms with van der Waals surface area (Å²) in [5.74, 6) is 1.69. The Hall–Kier alpha value is 0.0900. The number of ether oxygens (including phenoxy) is 2. The molecule has 0 aliphatic heterocycles. The summed E-state index contributed by atoms with van der Waals surface area (Å²) in [5, 5.41) is 3.37. The number of hydrogen-bond acceptors (Lipinski definition) is 6. The van der Waals surface area contributed by atoms with E-state index in [0.29, 0.717) is 25.0 Å². The summed E-state index contributed by atoms with van der Waals surface area (Å²) in [6.45, 7) is 9.79. The van der Waals surface area contributed by atoms with Crippen LogP contribution in [-0.4, -0.2) is 43.0 Å². The van der Waals surface area contributed by atoms with E-state index in [0.717, 1.165) is 25.1 Å². The van der Waals surface area contributed by atoms with Crippen molar-refractivity contribution in [3.8, 4) is 0 Å². The number of hydrogen-bond donors (Lipinski definition) is 1. The Morgan fingerprint density at radius 1 is 1.15 bits per heavy atom. The topological polar surface area (TPSA) is 47.6 Å². The van der Waals surface area contributed by atoms with Gasteiger partial charge in [-0.1, -0.05) is 35.4 Å². The lowest BCUT2D eigenvalue weighted by molar-refractivity contribution is -0.147. The van der Waals surface area contributed by atoms with Crippen molar-refractivity contribution in [1.82, 2.24) is 5.32 Å². The van der Waals surface area contributed by atoms with E-state index < -0.39 is 0 Å². The van der Waals surface area contributed by atoms with E-state index >= 15 is 0 Å². The summed E-state index contributed by atoms with van der Waals surface area (Å²) < 4.78 is 10.6. The Morgan fingerprint density at radius 3 is 2.55 bits per heavy atom. The van der Waals surface area contributed by atoms with Gasteiger partial charge in [0, 0.05) is 31.4 Å². The largest absolute Gasteiger partial charge is 0.463 e. The van der Waals surface area contributed by atoms with Crippen LogP contribution in [0.3, 0.4) is 0 Å². The molecule has 120 valence electrons. The molecule has 0 spiro atoms. The minimum atomic E-state index is -0.109. The first-order valence-electron chi connectivity index (χ1n) is 7.27. The highest BCUT2D eigenvalue weighted by Gasteiger charge is 2.04. The summed E-state index contributed by atoms with van der Waals surface area (Å²) in [6, 6.07) is 0.555. The summed E-state index contributed by atoms with van der Waals surface area (Å²) in [6.07, 6.45) is 2.22. The molecule has 0 unspecified atom stereocenters. The van der Waals surface area contributed by atoms with Gasteiger partial charge in [-0.3, -0.25) is 4.79 Å². The minimum Gasteiger partial charge on any atom is -0.463 e. The molecule has 0 fully saturated rings. The predicted molar refractivity (Wildman–Crippen MR) is 89.1 cm³/mol. The first kappa shape index (κ1) is 20.1. The second-order valence-corrected chi connectivity index (χ2v) is 7.60. The van der Waals surface area contributed by atoms with Crippen LogP contribution in [-0.2, 0) is 14.3 Å². The highest BCUT2D eigenvalue weighted by molar-refractivity contribution is 8.76. The van der Waals surface area contributed by atoms with Crippen molar-refractivity contribution in [2.24, 2.45) is 0 Å². The van der Waals surface area contributed by atoms with E-state index in [4.69, 9.17) is 9.47 Å². The van der Waals surface area contributed by atoms with Crippen LogP contribution in [0.5, 0.6) is 0 Å². The highest BCUT2D eigenvalue weighted by Crippen LogP contribution is 2.20. The van der Waals surface area contributed by atoms with E-state index in [1.807, 2.05) is 24.6 Å². The molecule has 0 saturated heterocycles. The average Bonchev–Trinajstić information content (AvgIpc) is 2.34. The Kier molecular flexibility index (Phi) is 14.1. The molecule has 0 aromatic carbocycles. The van der Waals surface area contributed by atoms with Crippen molar-refractivity contribution in [1.29, 1.82) is 0 Å². The first-order valence-corrected chi connectivity index (χ1v) is 9.76. The summed E-state index contributed by atoms with van der Waals surface area (Å²) in [5.41, 5.74) is 0. The van der Waals surface area contributed by atoms with Gasteiger partial charge in [0.25, 0.3) is 0 Å². The van der Waals surface area contributed by atoms with Crippen molar-refractivity contribution in [2.45, 2.75) is 59.1 Å². The Morgan fingerprint density at radius 2 is 1.90 bits per heavy atom. The molecular weight excluding hydrogens is 294 g/mol. The quantitative estimate of drug-likeness (QED) is 0.242. The number of esters is 1. The Labute approximate surface area is 131 Å².